The van der Waals surface area contributed by atoms with Gasteiger partial charge in [0.15, 0.2) is 0 Å². The molecule has 0 aromatic heterocycles. The third-order valence-electron chi connectivity index (χ3n) is 4.74. The van der Waals surface area contributed by atoms with Gasteiger partial charge in [0.1, 0.15) is 12.4 Å². The van der Waals surface area contributed by atoms with E-state index in [1.54, 1.807) is 0 Å². The lowest BCUT2D eigenvalue weighted by Crippen LogP contribution is -2.24. The van der Waals surface area contributed by atoms with Gasteiger partial charge in [-0.15, -0.1) is 0 Å². The number of allylic oxidation sites excluding steroid dienone is 9. The summed E-state index contributed by atoms with van der Waals surface area (Å²) in [7, 11) is 4.09. The van der Waals surface area contributed by atoms with Crippen LogP contribution in [0, 0.1) is 0 Å². The van der Waals surface area contributed by atoms with E-state index in [2.05, 4.69) is 40.6 Å². The zero-order valence-electron chi connectivity index (χ0n) is 15.1. The van der Waals surface area contributed by atoms with Crippen molar-refractivity contribution in [2.45, 2.75) is 6.42 Å². The Hall–Kier alpha value is -2.01. The molecular formula is C21H23ClN2O2. The zero-order chi connectivity index (χ0) is 18.1. The number of likely N-dealkylation sites (N-methyl/N-ethyl adjacent to an activating group) is 1. The Bertz CT molecular complexity index is 838. The van der Waals surface area contributed by atoms with Crippen LogP contribution in [0.25, 0.3) is 0 Å². The van der Waals surface area contributed by atoms with E-state index < -0.39 is 0 Å². The summed E-state index contributed by atoms with van der Waals surface area (Å²) < 4.78 is 11.7. The Morgan fingerprint density at radius 2 is 2.15 bits per heavy atom. The number of nitrogens with one attached hydrogen (secondary N) is 1. The Morgan fingerprint density at radius 1 is 1.27 bits per heavy atom. The largest absolute Gasteiger partial charge is 0.488 e. The fourth-order valence-corrected chi connectivity index (χ4v) is 3.57. The molecule has 0 saturated heterocycles. The summed E-state index contributed by atoms with van der Waals surface area (Å²) >= 11 is 6.40. The van der Waals surface area contributed by atoms with Crippen LogP contribution in [0.4, 0.5) is 0 Å². The van der Waals surface area contributed by atoms with Crippen LogP contribution in [-0.4, -0.2) is 45.4 Å². The second-order valence-corrected chi connectivity index (χ2v) is 7.33. The molecule has 0 unspecified atom stereocenters. The van der Waals surface area contributed by atoms with E-state index in [9.17, 15) is 0 Å². The molecule has 4 aliphatic rings. The molecule has 136 valence electrons. The maximum Gasteiger partial charge on any atom is 0.136 e. The first-order valence-electron chi connectivity index (χ1n) is 8.89. The predicted octanol–water partition coefficient (Wildman–Crippen LogP) is 3.54. The number of dihydropyridines is 1. The lowest BCUT2D eigenvalue weighted by molar-refractivity contribution is 0.134. The van der Waals surface area contributed by atoms with Crippen molar-refractivity contribution in [2.24, 2.45) is 0 Å². The molecule has 26 heavy (non-hydrogen) atoms. The summed E-state index contributed by atoms with van der Waals surface area (Å²) in [5, 5.41) is 4.34. The van der Waals surface area contributed by atoms with Crippen LogP contribution in [0.2, 0.25) is 0 Å². The number of hydrogen-bond donors (Lipinski definition) is 1. The molecule has 0 atom stereocenters. The Morgan fingerprint density at radius 3 is 3.00 bits per heavy atom. The van der Waals surface area contributed by atoms with Gasteiger partial charge in [0.05, 0.1) is 18.2 Å². The molecule has 4 nitrogen and oxygen atoms in total. The van der Waals surface area contributed by atoms with Crippen LogP contribution in [0.1, 0.15) is 6.42 Å². The van der Waals surface area contributed by atoms with Crippen LogP contribution in [-0.2, 0) is 9.47 Å². The SMILES string of the molecule is CN(C)CCOCC1=CC=C2CC=CC3=C4OCC=C(Cl)C4=CC3=C2N1. The van der Waals surface area contributed by atoms with Gasteiger partial charge in [-0.25, -0.2) is 0 Å². The molecule has 0 spiro atoms. The van der Waals surface area contributed by atoms with Crippen molar-refractivity contribution in [3.8, 4) is 0 Å². The van der Waals surface area contributed by atoms with Gasteiger partial charge in [0, 0.05) is 34.7 Å². The first-order chi connectivity index (χ1) is 12.6. The van der Waals surface area contributed by atoms with Gasteiger partial charge in [-0.3, -0.25) is 0 Å². The van der Waals surface area contributed by atoms with Crippen LogP contribution in [0.15, 0.2) is 80.9 Å². The quantitative estimate of drug-likeness (QED) is 0.750. The van der Waals surface area contributed by atoms with Crippen molar-refractivity contribution < 1.29 is 9.47 Å². The van der Waals surface area contributed by atoms with Crippen LogP contribution in [0.3, 0.4) is 0 Å². The van der Waals surface area contributed by atoms with E-state index in [0.29, 0.717) is 19.8 Å². The van der Waals surface area contributed by atoms with Gasteiger partial charge in [-0.2, -0.15) is 0 Å². The highest BCUT2D eigenvalue weighted by atomic mass is 35.5. The molecule has 0 amide bonds. The van der Waals surface area contributed by atoms with Crippen molar-refractivity contribution in [2.75, 3.05) is 40.5 Å². The zero-order valence-corrected chi connectivity index (χ0v) is 15.9. The summed E-state index contributed by atoms with van der Waals surface area (Å²) in [4.78, 5) is 2.12. The molecule has 0 aromatic carbocycles. The molecule has 4 rings (SSSR count). The minimum absolute atomic E-state index is 0.520. The van der Waals surface area contributed by atoms with Crippen LogP contribution in [0.5, 0.6) is 0 Å². The van der Waals surface area contributed by atoms with Crippen molar-refractivity contribution in [1.29, 1.82) is 0 Å². The number of halogens is 1. The molecule has 0 bridgehead atoms. The van der Waals surface area contributed by atoms with E-state index in [1.165, 1.54) is 5.57 Å². The minimum Gasteiger partial charge on any atom is -0.488 e. The van der Waals surface area contributed by atoms with Crippen molar-refractivity contribution >= 4 is 11.6 Å². The summed E-state index contributed by atoms with van der Waals surface area (Å²) in [6.45, 7) is 2.72. The minimum atomic E-state index is 0.520. The first kappa shape index (κ1) is 17.4. The molecular weight excluding hydrogens is 348 g/mol. The average molecular weight is 371 g/mol. The second-order valence-electron chi connectivity index (χ2n) is 6.92. The second kappa shape index (κ2) is 7.31. The highest BCUT2D eigenvalue weighted by Crippen LogP contribution is 2.43. The standard InChI is InChI=1S/C21H23ClN2O2/c1-24(2)9-11-25-13-15-7-6-14-4-3-5-16-17(20(14)23-15)12-18-19(22)8-10-26-21(16)18/h3,5-8,12,23H,4,9-11,13H2,1-2H3. The Labute approximate surface area is 159 Å². The summed E-state index contributed by atoms with van der Waals surface area (Å²) in [5.41, 5.74) is 6.67. The lowest BCUT2D eigenvalue weighted by atomic mass is 10.0. The number of nitrogens with zero attached hydrogens (tertiary/aromatic N) is 1. The van der Waals surface area contributed by atoms with E-state index in [1.807, 2.05) is 20.2 Å². The maximum absolute atomic E-state index is 6.40. The van der Waals surface area contributed by atoms with Gasteiger partial charge in [0.2, 0.25) is 0 Å². The molecule has 2 heterocycles. The highest BCUT2D eigenvalue weighted by molar-refractivity contribution is 6.32. The molecule has 5 heteroatoms. The van der Waals surface area contributed by atoms with Crippen LogP contribution < -0.4 is 5.32 Å². The number of ether oxygens (including phenoxy) is 2. The Balaban J connectivity index is 1.60. The molecule has 0 radical (unpaired) electrons. The van der Waals surface area contributed by atoms with Gasteiger partial charge in [0.25, 0.3) is 0 Å². The normalized spacial score (nSPS) is 21.1. The van der Waals surface area contributed by atoms with E-state index in [-0.39, 0.29) is 0 Å². The summed E-state index contributed by atoms with van der Waals surface area (Å²) in [6, 6.07) is 0. The number of hydrogen-bond acceptors (Lipinski definition) is 4. The van der Waals surface area contributed by atoms with Crippen molar-refractivity contribution in [1.82, 2.24) is 10.2 Å². The molecule has 0 aromatic rings. The lowest BCUT2D eigenvalue weighted by Gasteiger charge is -2.22. The fourth-order valence-electron chi connectivity index (χ4n) is 3.36. The molecule has 1 N–H and O–H groups in total. The average Bonchev–Trinajstić information content (AvgIpc) is 2.90. The van der Waals surface area contributed by atoms with E-state index in [0.717, 1.165) is 51.9 Å². The smallest absolute Gasteiger partial charge is 0.136 e. The number of fused-ring (bicyclic) bond motifs is 3. The molecule has 2 aliphatic heterocycles. The van der Waals surface area contributed by atoms with Gasteiger partial charge in [-0.1, -0.05) is 29.8 Å². The topological polar surface area (TPSA) is 33.7 Å². The third kappa shape index (κ3) is 3.32. The predicted molar refractivity (Wildman–Crippen MR) is 104 cm³/mol. The monoisotopic (exact) mass is 370 g/mol. The Kier molecular flexibility index (Phi) is 4.90. The van der Waals surface area contributed by atoms with Gasteiger partial charge < -0.3 is 19.7 Å². The molecule has 0 saturated carbocycles. The van der Waals surface area contributed by atoms with Gasteiger partial charge in [-0.05, 0) is 44.3 Å². The number of rotatable bonds is 5. The third-order valence-corrected chi connectivity index (χ3v) is 5.10. The first-order valence-corrected chi connectivity index (χ1v) is 9.27. The van der Waals surface area contributed by atoms with Crippen LogP contribution >= 0.6 is 11.6 Å². The highest BCUT2D eigenvalue weighted by Gasteiger charge is 2.30. The summed E-state index contributed by atoms with van der Waals surface area (Å²) in [6.07, 6.45) is 13.5. The van der Waals surface area contributed by atoms with E-state index in [4.69, 9.17) is 21.1 Å². The maximum atomic E-state index is 6.40. The fraction of sp³-hybridized carbons (Fsp3) is 0.333. The van der Waals surface area contributed by atoms with Crippen molar-refractivity contribution in [3.05, 3.63) is 80.9 Å². The van der Waals surface area contributed by atoms with E-state index >= 15 is 0 Å². The molecule has 0 fully saturated rings. The molecule has 2 aliphatic carbocycles. The van der Waals surface area contributed by atoms with Crippen molar-refractivity contribution in [3.63, 3.8) is 0 Å². The van der Waals surface area contributed by atoms with Gasteiger partial charge >= 0.3 is 0 Å². The summed E-state index contributed by atoms with van der Waals surface area (Å²) in [5.74, 6) is 0.887.